The Labute approximate surface area is 238 Å². The number of hydrogen-bond donors (Lipinski definition) is 2. The third-order valence-corrected chi connectivity index (χ3v) is 12.0. The number of rotatable bonds is 11. The number of halogens is 2. The summed E-state index contributed by atoms with van der Waals surface area (Å²) in [4.78, 5) is 24.8. The standard InChI is InChI=1S/C28H40F2O10S/c1-2-27(40-23(32)28(29,30)41(34,35)36)20-6-17-7-21(27)14-25(10-17,13-20)39-15-22(31)37-3-4-38-26-11-18-5-19(12-26)9-24(33,8-18)16-26/h17-21,33H,2-16H2,1H3,(H,34,35,36). The number of alkyl halides is 2. The number of aliphatic hydroxyl groups is 1. The van der Waals surface area contributed by atoms with E-state index in [1.54, 1.807) is 6.92 Å². The van der Waals surface area contributed by atoms with Gasteiger partial charge in [0.05, 0.1) is 23.4 Å². The van der Waals surface area contributed by atoms with Crippen molar-refractivity contribution in [3.05, 3.63) is 0 Å². The molecule has 0 spiro atoms. The van der Waals surface area contributed by atoms with Gasteiger partial charge in [0.25, 0.3) is 0 Å². The average molecular weight is 607 g/mol. The van der Waals surface area contributed by atoms with Crippen LogP contribution in [0.5, 0.6) is 0 Å². The zero-order chi connectivity index (χ0) is 29.5. The summed E-state index contributed by atoms with van der Waals surface area (Å²) in [5.74, 6) is -2.31. The van der Waals surface area contributed by atoms with Gasteiger partial charge in [-0.2, -0.15) is 17.2 Å². The Hall–Kier alpha value is -1.41. The van der Waals surface area contributed by atoms with E-state index in [1.165, 1.54) is 0 Å². The lowest BCUT2D eigenvalue weighted by molar-refractivity contribution is -0.259. The van der Waals surface area contributed by atoms with Crippen molar-refractivity contribution in [2.45, 2.75) is 112 Å². The van der Waals surface area contributed by atoms with Crippen LogP contribution in [0.1, 0.15) is 84.0 Å². The van der Waals surface area contributed by atoms with E-state index in [2.05, 4.69) is 0 Å². The molecule has 4 unspecified atom stereocenters. The summed E-state index contributed by atoms with van der Waals surface area (Å²) in [7, 11) is -5.97. The van der Waals surface area contributed by atoms with Gasteiger partial charge in [-0.15, -0.1) is 0 Å². The Morgan fingerprint density at radius 1 is 0.878 bits per heavy atom. The van der Waals surface area contributed by atoms with Crippen molar-refractivity contribution < 1.29 is 55.4 Å². The number of carbonyl (C=O) groups is 2. The van der Waals surface area contributed by atoms with E-state index in [0.717, 1.165) is 32.1 Å². The molecule has 0 aliphatic heterocycles. The Balaban J connectivity index is 1.01. The highest BCUT2D eigenvalue weighted by Crippen LogP contribution is 2.63. The smallest absolute Gasteiger partial charge is 0.462 e. The van der Waals surface area contributed by atoms with Gasteiger partial charge in [0.15, 0.2) is 0 Å². The second kappa shape index (κ2) is 9.80. The van der Waals surface area contributed by atoms with Gasteiger partial charge in [-0.25, -0.2) is 9.59 Å². The fourth-order valence-corrected chi connectivity index (χ4v) is 10.5. The summed E-state index contributed by atoms with van der Waals surface area (Å²) in [5.41, 5.74) is -2.94. The monoisotopic (exact) mass is 606 g/mol. The predicted molar refractivity (Wildman–Crippen MR) is 137 cm³/mol. The van der Waals surface area contributed by atoms with Crippen molar-refractivity contribution in [3.63, 3.8) is 0 Å². The van der Waals surface area contributed by atoms with Crippen LogP contribution in [0.3, 0.4) is 0 Å². The molecule has 0 aromatic carbocycles. The molecular formula is C28H40F2O10S. The molecule has 0 saturated heterocycles. The third kappa shape index (κ3) is 5.11. The molecule has 41 heavy (non-hydrogen) atoms. The summed E-state index contributed by atoms with van der Waals surface area (Å²) in [6.45, 7) is 1.76. The van der Waals surface area contributed by atoms with Gasteiger partial charge in [-0.3, -0.25) is 4.55 Å². The molecule has 0 aromatic heterocycles. The molecular weight excluding hydrogens is 566 g/mol. The summed E-state index contributed by atoms with van der Waals surface area (Å²) >= 11 is 0. The lowest BCUT2D eigenvalue weighted by Crippen LogP contribution is -2.66. The maximum atomic E-state index is 14.1. The van der Waals surface area contributed by atoms with Gasteiger partial charge in [0, 0.05) is 18.3 Å². The largest absolute Gasteiger partial charge is 0.465 e. The molecule has 8 fully saturated rings. The normalized spacial score (nSPS) is 44.3. The van der Waals surface area contributed by atoms with E-state index < -0.39 is 44.1 Å². The first-order chi connectivity index (χ1) is 19.1. The van der Waals surface area contributed by atoms with Crippen LogP contribution in [0.4, 0.5) is 8.78 Å². The van der Waals surface area contributed by atoms with Crippen LogP contribution in [-0.2, 0) is 38.7 Å². The Kier molecular flexibility index (Phi) is 7.09. The number of hydrogen-bond acceptors (Lipinski definition) is 9. The lowest BCUT2D eigenvalue weighted by atomic mass is 9.47. The number of carbonyl (C=O) groups excluding carboxylic acids is 2. The van der Waals surface area contributed by atoms with Gasteiger partial charge < -0.3 is 24.1 Å². The van der Waals surface area contributed by atoms with E-state index in [0.29, 0.717) is 50.4 Å². The van der Waals surface area contributed by atoms with Crippen molar-refractivity contribution in [2.24, 2.45) is 29.6 Å². The highest BCUT2D eigenvalue weighted by molar-refractivity contribution is 7.87. The highest BCUT2D eigenvalue weighted by atomic mass is 32.2. The van der Waals surface area contributed by atoms with Crippen LogP contribution < -0.4 is 0 Å². The van der Waals surface area contributed by atoms with Crippen LogP contribution in [-0.4, -0.2) is 77.5 Å². The van der Waals surface area contributed by atoms with E-state index in [-0.39, 0.29) is 49.6 Å². The summed E-state index contributed by atoms with van der Waals surface area (Å²) in [6.07, 6.45) is 8.26. The molecule has 8 saturated carbocycles. The van der Waals surface area contributed by atoms with Gasteiger partial charge in [-0.1, -0.05) is 6.92 Å². The topological polar surface area (TPSA) is 146 Å². The first-order valence-corrected chi connectivity index (χ1v) is 16.3. The zero-order valence-electron chi connectivity index (χ0n) is 23.3. The van der Waals surface area contributed by atoms with Crippen LogP contribution in [0.2, 0.25) is 0 Å². The fourth-order valence-electron chi connectivity index (χ4n) is 10.3. The van der Waals surface area contributed by atoms with Crippen molar-refractivity contribution in [1.29, 1.82) is 0 Å². The fraction of sp³-hybridized carbons (Fsp3) is 0.929. The molecule has 10 nitrogen and oxygen atoms in total. The van der Waals surface area contributed by atoms with Crippen LogP contribution in [0.25, 0.3) is 0 Å². The van der Waals surface area contributed by atoms with Crippen molar-refractivity contribution in [2.75, 3.05) is 19.8 Å². The zero-order valence-corrected chi connectivity index (χ0v) is 24.1. The minimum absolute atomic E-state index is 0.0788. The maximum absolute atomic E-state index is 14.1. The molecule has 232 valence electrons. The first kappa shape index (κ1) is 29.7. The van der Waals surface area contributed by atoms with E-state index in [4.69, 9.17) is 23.5 Å². The molecule has 4 atom stereocenters. The second-order valence-electron chi connectivity index (χ2n) is 13.9. The lowest BCUT2D eigenvalue weighted by Gasteiger charge is -2.63. The molecule has 0 heterocycles. The van der Waals surface area contributed by atoms with Gasteiger partial charge in [0.1, 0.15) is 18.8 Å². The maximum Gasteiger partial charge on any atom is 0.465 e. The molecule has 8 rings (SSSR count). The van der Waals surface area contributed by atoms with E-state index in [9.17, 15) is 31.9 Å². The first-order valence-electron chi connectivity index (χ1n) is 14.8. The van der Waals surface area contributed by atoms with E-state index >= 15 is 0 Å². The van der Waals surface area contributed by atoms with Crippen molar-refractivity contribution >= 4 is 22.1 Å². The molecule has 8 bridgehead atoms. The third-order valence-electron chi connectivity index (χ3n) is 11.1. The Morgan fingerprint density at radius 3 is 2.05 bits per heavy atom. The van der Waals surface area contributed by atoms with E-state index in [1.807, 2.05) is 0 Å². The SMILES string of the molecule is CCC1(OC(=O)C(F)(F)S(=O)(=O)O)C2CC3CC1CC(OCC(=O)OCCOC14CC5CC(CC(O)(C5)C1)C4)(C3)C2. The molecule has 0 radical (unpaired) electrons. The van der Waals surface area contributed by atoms with Crippen LogP contribution in [0.15, 0.2) is 0 Å². The summed E-state index contributed by atoms with van der Waals surface area (Å²) < 4.78 is 82.2. The van der Waals surface area contributed by atoms with Crippen molar-refractivity contribution in [1.82, 2.24) is 0 Å². The quantitative estimate of drug-likeness (QED) is 0.204. The van der Waals surface area contributed by atoms with Crippen LogP contribution in [0, 0.1) is 29.6 Å². The summed E-state index contributed by atoms with van der Waals surface area (Å²) in [6, 6.07) is 0. The second-order valence-corrected chi connectivity index (χ2v) is 15.4. The number of ether oxygens (including phenoxy) is 4. The van der Waals surface area contributed by atoms with Crippen LogP contribution >= 0.6 is 0 Å². The molecule has 0 amide bonds. The van der Waals surface area contributed by atoms with Crippen molar-refractivity contribution in [3.8, 4) is 0 Å². The highest BCUT2D eigenvalue weighted by Gasteiger charge is 2.66. The molecule has 8 aliphatic rings. The minimum Gasteiger partial charge on any atom is -0.462 e. The Morgan fingerprint density at radius 2 is 1.49 bits per heavy atom. The van der Waals surface area contributed by atoms with Gasteiger partial charge in [0.2, 0.25) is 0 Å². The Bertz CT molecular complexity index is 1160. The minimum atomic E-state index is -5.97. The molecule has 8 aliphatic carbocycles. The number of esters is 2. The van der Waals surface area contributed by atoms with Gasteiger partial charge in [-0.05, 0) is 88.4 Å². The molecule has 13 heteroatoms. The average Bonchev–Trinajstić information content (AvgIpc) is 2.85. The predicted octanol–water partition coefficient (Wildman–Crippen LogP) is 3.40. The van der Waals surface area contributed by atoms with Gasteiger partial charge >= 0.3 is 27.3 Å². The molecule has 2 N–H and O–H groups in total. The molecule has 0 aromatic rings. The summed E-state index contributed by atoms with van der Waals surface area (Å²) in [5, 5.41) is 5.83.